The highest BCUT2D eigenvalue weighted by Crippen LogP contribution is 2.25. The molecule has 1 aliphatic rings. The average Bonchev–Trinajstić information content (AvgIpc) is 2.56. The summed E-state index contributed by atoms with van der Waals surface area (Å²) in [6, 6.07) is 0. The summed E-state index contributed by atoms with van der Waals surface area (Å²) in [5, 5.41) is 3.40. The summed E-state index contributed by atoms with van der Waals surface area (Å²) in [7, 11) is 0. The summed E-state index contributed by atoms with van der Waals surface area (Å²) in [6.45, 7) is 3.30. The standard InChI is InChI=1S/C10H22N2/c1-2-3-8-12-10(11)9-6-4-5-7-9/h9-10,12H,2-8,11H2,1H3. The fourth-order valence-electron chi connectivity index (χ4n) is 1.93. The first kappa shape index (κ1) is 10.0. The Morgan fingerprint density at radius 3 is 2.67 bits per heavy atom. The molecule has 2 heteroatoms. The summed E-state index contributed by atoms with van der Waals surface area (Å²) in [6.07, 6.45) is 8.20. The Labute approximate surface area is 75.9 Å². The Morgan fingerprint density at radius 2 is 2.08 bits per heavy atom. The van der Waals surface area contributed by atoms with E-state index in [1.165, 1.54) is 38.5 Å². The molecule has 0 spiro atoms. The van der Waals surface area contributed by atoms with E-state index >= 15 is 0 Å². The highest BCUT2D eigenvalue weighted by atomic mass is 15.0. The number of nitrogens with two attached hydrogens (primary N) is 1. The van der Waals surface area contributed by atoms with E-state index in [9.17, 15) is 0 Å². The highest BCUT2D eigenvalue weighted by Gasteiger charge is 2.20. The molecular weight excluding hydrogens is 148 g/mol. The molecule has 0 aromatic carbocycles. The van der Waals surface area contributed by atoms with E-state index in [4.69, 9.17) is 5.73 Å². The van der Waals surface area contributed by atoms with Gasteiger partial charge >= 0.3 is 0 Å². The van der Waals surface area contributed by atoms with Crippen molar-refractivity contribution in [2.45, 2.75) is 51.6 Å². The first-order valence-corrected chi connectivity index (χ1v) is 5.33. The Balaban J connectivity index is 2.05. The van der Waals surface area contributed by atoms with Gasteiger partial charge in [0, 0.05) is 0 Å². The molecule has 12 heavy (non-hydrogen) atoms. The zero-order chi connectivity index (χ0) is 8.81. The molecule has 1 saturated carbocycles. The van der Waals surface area contributed by atoms with Gasteiger partial charge in [-0.3, -0.25) is 0 Å². The second kappa shape index (κ2) is 5.55. The Bertz CT molecular complexity index is 108. The van der Waals surface area contributed by atoms with Crippen LogP contribution in [0.3, 0.4) is 0 Å². The molecule has 0 amide bonds. The van der Waals surface area contributed by atoms with Gasteiger partial charge in [0.1, 0.15) is 0 Å². The number of hydrogen-bond acceptors (Lipinski definition) is 2. The van der Waals surface area contributed by atoms with Crippen LogP contribution in [-0.2, 0) is 0 Å². The molecule has 0 aromatic rings. The molecule has 0 aliphatic heterocycles. The van der Waals surface area contributed by atoms with Crippen molar-refractivity contribution in [3.63, 3.8) is 0 Å². The normalized spacial score (nSPS) is 21.5. The van der Waals surface area contributed by atoms with Crippen molar-refractivity contribution in [2.75, 3.05) is 6.54 Å². The van der Waals surface area contributed by atoms with Gasteiger partial charge in [0.15, 0.2) is 0 Å². The van der Waals surface area contributed by atoms with Crippen molar-refractivity contribution >= 4 is 0 Å². The van der Waals surface area contributed by atoms with Crippen molar-refractivity contribution in [1.82, 2.24) is 5.32 Å². The second-order valence-corrected chi connectivity index (χ2v) is 3.88. The van der Waals surface area contributed by atoms with Gasteiger partial charge in [0.25, 0.3) is 0 Å². The van der Waals surface area contributed by atoms with Crippen LogP contribution in [0.2, 0.25) is 0 Å². The molecule has 1 atom stereocenters. The van der Waals surface area contributed by atoms with E-state index in [2.05, 4.69) is 12.2 Å². The molecule has 1 rings (SSSR count). The molecule has 0 heterocycles. The highest BCUT2D eigenvalue weighted by molar-refractivity contribution is 4.75. The van der Waals surface area contributed by atoms with E-state index in [0.717, 1.165) is 12.5 Å². The van der Waals surface area contributed by atoms with E-state index in [1.807, 2.05) is 0 Å². The molecule has 2 nitrogen and oxygen atoms in total. The SMILES string of the molecule is CCCCNC(N)C1CCCC1. The molecule has 0 aromatic heterocycles. The summed E-state index contributed by atoms with van der Waals surface area (Å²) in [5.41, 5.74) is 6.01. The zero-order valence-electron chi connectivity index (χ0n) is 8.18. The summed E-state index contributed by atoms with van der Waals surface area (Å²) < 4.78 is 0. The second-order valence-electron chi connectivity index (χ2n) is 3.88. The van der Waals surface area contributed by atoms with E-state index in [0.29, 0.717) is 0 Å². The third-order valence-corrected chi connectivity index (χ3v) is 2.82. The number of unbranched alkanes of at least 4 members (excludes halogenated alkanes) is 1. The van der Waals surface area contributed by atoms with Gasteiger partial charge in [0.2, 0.25) is 0 Å². The van der Waals surface area contributed by atoms with Crippen LogP contribution in [0, 0.1) is 5.92 Å². The van der Waals surface area contributed by atoms with Gasteiger partial charge in [-0.15, -0.1) is 0 Å². The molecule has 0 bridgehead atoms. The van der Waals surface area contributed by atoms with Gasteiger partial charge in [-0.05, 0) is 31.7 Å². The van der Waals surface area contributed by atoms with Gasteiger partial charge in [0.05, 0.1) is 6.17 Å². The monoisotopic (exact) mass is 170 g/mol. The third kappa shape index (κ3) is 3.11. The van der Waals surface area contributed by atoms with Gasteiger partial charge < -0.3 is 11.1 Å². The Kier molecular flexibility index (Phi) is 4.62. The quantitative estimate of drug-likeness (QED) is 0.488. The summed E-state index contributed by atoms with van der Waals surface area (Å²) in [4.78, 5) is 0. The molecular formula is C10H22N2. The smallest absolute Gasteiger partial charge is 0.0575 e. The lowest BCUT2D eigenvalue weighted by atomic mass is 10.1. The fraction of sp³-hybridized carbons (Fsp3) is 1.00. The lowest BCUT2D eigenvalue weighted by Crippen LogP contribution is -2.43. The first-order valence-electron chi connectivity index (χ1n) is 5.33. The molecule has 0 saturated heterocycles. The van der Waals surface area contributed by atoms with Crippen LogP contribution >= 0.6 is 0 Å². The summed E-state index contributed by atoms with van der Waals surface area (Å²) in [5.74, 6) is 0.752. The average molecular weight is 170 g/mol. The maximum absolute atomic E-state index is 6.01. The molecule has 1 unspecified atom stereocenters. The minimum Gasteiger partial charge on any atom is -0.316 e. The lowest BCUT2D eigenvalue weighted by molar-refractivity contribution is 0.365. The van der Waals surface area contributed by atoms with Gasteiger partial charge in [-0.1, -0.05) is 26.2 Å². The molecule has 72 valence electrons. The minimum atomic E-state index is 0.263. The van der Waals surface area contributed by atoms with Gasteiger partial charge in [-0.2, -0.15) is 0 Å². The van der Waals surface area contributed by atoms with Crippen LogP contribution in [0.1, 0.15) is 45.4 Å². The van der Waals surface area contributed by atoms with Crippen molar-refractivity contribution in [3.05, 3.63) is 0 Å². The third-order valence-electron chi connectivity index (χ3n) is 2.82. The van der Waals surface area contributed by atoms with Crippen molar-refractivity contribution in [2.24, 2.45) is 11.7 Å². The van der Waals surface area contributed by atoms with Gasteiger partial charge in [-0.25, -0.2) is 0 Å². The zero-order valence-corrected chi connectivity index (χ0v) is 8.18. The van der Waals surface area contributed by atoms with Crippen molar-refractivity contribution in [1.29, 1.82) is 0 Å². The van der Waals surface area contributed by atoms with E-state index in [1.54, 1.807) is 0 Å². The summed E-state index contributed by atoms with van der Waals surface area (Å²) >= 11 is 0. The minimum absolute atomic E-state index is 0.263. The maximum atomic E-state index is 6.01. The van der Waals surface area contributed by atoms with E-state index in [-0.39, 0.29) is 6.17 Å². The lowest BCUT2D eigenvalue weighted by Gasteiger charge is -2.19. The number of nitrogens with one attached hydrogen (secondary N) is 1. The van der Waals surface area contributed by atoms with Crippen LogP contribution < -0.4 is 11.1 Å². The van der Waals surface area contributed by atoms with Crippen molar-refractivity contribution in [3.8, 4) is 0 Å². The largest absolute Gasteiger partial charge is 0.316 e. The fourth-order valence-corrected chi connectivity index (χ4v) is 1.93. The predicted octanol–water partition coefficient (Wildman–Crippen LogP) is 1.85. The maximum Gasteiger partial charge on any atom is 0.0575 e. The Hall–Kier alpha value is -0.0800. The van der Waals surface area contributed by atoms with Crippen LogP contribution in [-0.4, -0.2) is 12.7 Å². The number of hydrogen-bond donors (Lipinski definition) is 2. The molecule has 3 N–H and O–H groups in total. The molecule has 1 fully saturated rings. The molecule has 1 aliphatic carbocycles. The first-order chi connectivity index (χ1) is 5.84. The Morgan fingerprint density at radius 1 is 1.42 bits per heavy atom. The van der Waals surface area contributed by atoms with E-state index < -0.39 is 0 Å². The molecule has 0 radical (unpaired) electrons. The predicted molar refractivity (Wildman–Crippen MR) is 52.8 cm³/mol. The number of rotatable bonds is 5. The topological polar surface area (TPSA) is 38.0 Å². The van der Waals surface area contributed by atoms with Crippen LogP contribution in [0.4, 0.5) is 0 Å². The van der Waals surface area contributed by atoms with Crippen LogP contribution in [0.15, 0.2) is 0 Å². The van der Waals surface area contributed by atoms with Crippen LogP contribution in [0.25, 0.3) is 0 Å². The van der Waals surface area contributed by atoms with Crippen molar-refractivity contribution < 1.29 is 0 Å². The van der Waals surface area contributed by atoms with Crippen LogP contribution in [0.5, 0.6) is 0 Å².